The van der Waals surface area contributed by atoms with E-state index < -0.39 is 0 Å². The fourth-order valence-corrected chi connectivity index (χ4v) is 4.65. The maximum atomic E-state index is 13.2. The third-order valence-electron chi connectivity index (χ3n) is 6.09. The average Bonchev–Trinajstić information content (AvgIpc) is 3.16. The number of carbonyl (C=O) groups excluding carboxylic acids is 2. The highest BCUT2D eigenvalue weighted by Gasteiger charge is 2.44. The third kappa shape index (κ3) is 3.93. The predicted octanol–water partition coefficient (Wildman–Crippen LogP) is 4.14. The van der Waals surface area contributed by atoms with Crippen molar-refractivity contribution in [3.63, 3.8) is 0 Å². The van der Waals surface area contributed by atoms with E-state index >= 15 is 0 Å². The first-order chi connectivity index (χ1) is 15.1. The molecule has 31 heavy (non-hydrogen) atoms. The predicted molar refractivity (Wildman–Crippen MR) is 113 cm³/mol. The number of nitrogens with zero attached hydrogens (tertiary/aromatic N) is 2. The first-order valence-electron chi connectivity index (χ1n) is 10.6. The van der Waals surface area contributed by atoms with Crippen LogP contribution in [0.5, 0.6) is 0 Å². The molecule has 0 radical (unpaired) electrons. The summed E-state index contributed by atoms with van der Waals surface area (Å²) < 4.78 is 16.8. The Kier molecular flexibility index (Phi) is 5.19. The molecule has 1 amide bonds. The number of morpholine rings is 1. The molecule has 2 fully saturated rings. The summed E-state index contributed by atoms with van der Waals surface area (Å²) in [5.74, 6) is 0.493. The molecule has 0 aliphatic carbocycles. The van der Waals surface area contributed by atoms with E-state index in [0.717, 1.165) is 5.56 Å². The molecule has 1 aromatic heterocycles. The number of Topliss-reactive ketones (excluding diaryl/α,β-unsaturated/α-hetero) is 1. The molecular weight excluding hydrogens is 396 g/mol. The molecule has 0 saturated carbocycles. The van der Waals surface area contributed by atoms with Gasteiger partial charge in [0.1, 0.15) is 12.1 Å². The monoisotopic (exact) mass is 420 g/mol. The smallest absolute Gasteiger partial charge is 0.410 e. The van der Waals surface area contributed by atoms with Gasteiger partial charge in [-0.25, -0.2) is 9.78 Å². The van der Waals surface area contributed by atoms with Gasteiger partial charge >= 0.3 is 6.09 Å². The number of fused-ring (bicyclic) bond motifs is 3. The number of hydrogen-bond donors (Lipinski definition) is 0. The minimum atomic E-state index is -0.340. The Morgan fingerprint density at radius 2 is 1.84 bits per heavy atom. The van der Waals surface area contributed by atoms with Crippen molar-refractivity contribution in [3.8, 4) is 0 Å². The van der Waals surface area contributed by atoms with Gasteiger partial charge in [-0.05, 0) is 36.6 Å². The molecule has 3 aromatic rings. The molecule has 0 spiro atoms. The van der Waals surface area contributed by atoms with Gasteiger partial charge in [-0.15, -0.1) is 0 Å². The molecule has 0 N–H and O–H groups in total. The van der Waals surface area contributed by atoms with Crippen LogP contribution in [0.4, 0.5) is 4.79 Å². The summed E-state index contributed by atoms with van der Waals surface area (Å²) in [5, 5.41) is 0. The number of ketones is 1. The molecule has 2 aliphatic heterocycles. The van der Waals surface area contributed by atoms with Crippen molar-refractivity contribution in [2.24, 2.45) is 5.92 Å². The molecule has 2 unspecified atom stereocenters. The minimum absolute atomic E-state index is 0.0803. The van der Waals surface area contributed by atoms with Gasteiger partial charge in [0.25, 0.3) is 0 Å². The van der Waals surface area contributed by atoms with Crippen molar-refractivity contribution in [1.82, 2.24) is 9.88 Å². The number of amides is 1. The Bertz CT molecular complexity index is 1100. The lowest BCUT2D eigenvalue weighted by atomic mass is 9.81. The van der Waals surface area contributed by atoms with E-state index in [2.05, 4.69) is 4.98 Å². The lowest BCUT2D eigenvalue weighted by molar-refractivity contribution is -0.0755. The summed E-state index contributed by atoms with van der Waals surface area (Å²) in [6.45, 7) is 2.86. The zero-order chi connectivity index (χ0) is 21.4. The molecule has 160 valence electrons. The van der Waals surface area contributed by atoms with Gasteiger partial charge in [0.2, 0.25) is 0 Å². The molecule has 2 saturated heterocycles. The maximum Gasteiger partial charge on any atom is 0.410 e. The zero-order valence-corrected chi connectivity index (χ0v) is 17.3. The van der Waals surface area contributed by atoms with E-state index in [1.165, 1.54) is 0 Å². The highest BCUT2D eigenvalue weighted by atomic mass is 16.6. The van der Waals surface area contributed by atoms with Gasteiger partial charge in [0, 0.05) is 18.4 Å². The summed E-state index contributed by atoms with van der Waals surface area (Å²) in [6.07, 6.45) is 0.782. The Hall–Kier alpha value is -3.19. The van der Waals surface area contributed by atoms with Crippen LogP contribution in [0, 0.1) is 12.8 Å². The van der Waals surface area contributed by atoms with Crippen molar-refractivity contribution in [2.45, 2.75) is 38.5 Å². The first-order valence-corrected chi connectivity index (χ1v) is 10.6. The maximum absolute atomic E-state index is 13.2. The Balaban J connectivity index is 1.28. The highest BCUT2D eigenvalue weighted by molar-refractivity contribution is 6.00. The first kappa shape index (κ1) is 19.8. The van der Waals surface area contributed by atoms with Crippen LogP contribution in [0.2, 0.25) is 0 Å². The van der Waals surface area contributed by atoms with Crippen molar-refractivity contribution < 1.29 is 23.5 Å². The number of piperidine rings is 1. The Morgan fingerprint density at radius 1 is 1.10 bits per heavy atom. The number of carbonyl (C=O) groups is 2. The van der Waals surface area contributed by atoms with Gasteiger partial charge < -0.3 is 13.9 Å². The van der Waals surface area contributed by atoms with Crippen molar-refractivity contribution >= 4 is 23.0 Å². The SMILES string of the molecule is Cc1nc2cc(C(=O)C3CC4COCC(C3)N4C(=O)OCc3ccccc3)ccc2o1. The summed E-state index contributed by atoms with van der Waals surface area (Å²) in [7, 11) is 0. The highest BCUT2D eigenvalue weighted by Crippen LogP contribution is 2.34. The number of ether oxygens (including phenoxy) is 2. The normalized spacial score (nSPS) is 23.0. The Morgan fingerprint density at radius 3 is 2.58 bits per heavy atom. The van der Waals surface area contributed by atoms with Crippen LogP contribution in [-0.2, 0) is 16.1 Å². The number of hydrogen-bond acceptors (Lipinski definition) is 6. The van der Waals surface area contributed by atoms with Gasteiger partial charge in [-0.2, -0.15) is 0 Å². The fourth-order valence-electron chi connectivity index (χ4n) is 4.65. The molecule has 2 bridgehead atoms. The second-order valence-electron chi connectivity index (χ2n) is 8.24. The molecule has 2 aliphatic rings. The number of oxazole rings is 1. The Labute approximate surface area is 179 Å². The molecule has 7 nitrogen and oxygen atoms in total. The number of rotatable bonds is 4. The molecule has 7 heteroatoms. The van der Waals surface area contributed by atoms with E-state index in [1.807, 2.05) is 30.3 Å². The van der Waals surface area contributed by atoms with Crippen molar-refractivity contribution in [3.05, 3.63) is 65.5 Å². The minimum Gasteiger partial charge on any atom is -0.445 e. The van der Waals surface area contributed by atoms with Crippen molar-refractivity contribution in [2.75, 3.05) is 13.2 Å². The molecule has 2 aromatic carbocycles. The summed E-state index contributed by atoms with van der Waals surface area (Å²) in [6, 6.07) is 14.7. The average molecular weight is 420 g/mol. The van der Waals surface area contributed by atoms with E-state index in [0.29, 0.717) is 48.6 Å². The standard InChI is InChI=1S/C24H24N2O5/c1-15-25-21-11-17(7-8-22(21)31-15)23(27)18-9-19-13-29-14-20(10-18)26(19)24(28)30-12-16-5-3-2-4-6-16/h2-8,11,18-20H,9-10,12-14H2,1H3. The van der Waals surface area contributed by atoms with E-state index in [4.69, 9.17) is 13.9 Å². The van der Waals surface area contributed by atoms with Crippen LogP contribution in [0.1, 0.15) is 34.7 Å². The largest absolute Gasteiger partial charge is 0.445 e. The summed E-state index contributed by atoms with van der Waals surface area (Å²) in [4.78, 5) is 32.2. The second kappa shape index (κ2) is 8.15. The molecule has 3 heterocycles. The van der Waals surface area contributed by atoms with Crippen LogP contribution >= 0.6 is 0 Å². The fraction of sp³-hybridized carbons (Fsp3) is 0.375. The second-order valence-corrected chi connectivity index (χ2v) is 8.24. The van der Waals surface area contributed by atoms with Gasteiger partial charge in [0.05, 0.1) is 25.3 Å². The van der Waals surface area contributed by atoms with E-state index in [-0.39, 0.29) is 36.5 Å². The zero-order valence-electron chi connectivity index (χ0n) is 17.3. The van der Waals surface area contributed by atoms with E-state index in [1.54, 1.807) is 30.0 Å². The summed E-state index contributed by atoms with van der Waals surface area (Å²) in [5.41, 5.74) is 2.94. The van der Waals surface area contributed by atoms with Crippen LogP contribution in [-0.4, -0.2) is 47.1 Å². The van der Waals surface area contributed by atoms with Gasteiger partial charge in [0.15, 0.2) is 17.3 Å². The number of benzene rings is 2. The third-order valence-corrected chi connectivity index (χ3v) is 6.09. The lowest BCUT2D eigenvalue weighted by Gasteiger charge is -2.47. The van der Waals surface area contributed by atoms with Crippen LogP contribution in [0.3, 0.4) is 0 Å². The topological polar surface area (TPSA) is 81.9 Å². The molecule has 5 rings (SSSR count). The number of aromatic nitrogens is 1. The van der Waals surface area contributed by atoms with Crippen LogP contribution < -0.4 is 0 Å². The lowest BCUT2D eigenvalue weighted by Crippen LogP contribution is -2.59. The van der Waals surface area contributed by atoms with E-state index in [9.17, 15) is 9.59 Å². The molecule has 2 atom stereocenters. The van der Waals surface area contributed by atoms with Crippen LogP contribution in [0.25, 0.3) is 11.1 Å². The van der Waals surface area contributed by atoms with Gasteiger partial charge in [-0.1, -0.05) is 30.3 Å². The molecular formula is C24H24N2O5. The van der Waals surface area contributed by atoms with Crippen molar-refractivity contribution in [1.29, 1.82) is 0 Å². The van der Waals surface area contributed by atoms with Gasteiger partial charge in [-0.3, -0.25) is 9.69 Å². The summed E-state index contributed by atoms with van der Waals surface area (Å²) >= 11 is 0. The number of aryl methyl sites for hydroxylation is 1. The van der Waals surface area contributed by atoms with Crippen LogP contribution in [0.15, 0.2) is 52.9 Å². The quantitative estimate of drug-likeness (QED) is 0.590.